The number of fused-ring (bicyclic) bond motifs is 2. The second kappa shape index (κ2) is 7.85. The molecule has 0 radical (unpaired) electrons. The zero-order valence-electron chi connectivity index (χ0n) is 17.0. The Hall–Kier alpha value is -2.70. The third kappa shape index (κ3) is 3.50. The minimum atomic E-state index is -0.173. The molecule has 1 amide bonds. The van der Waals surface area contributed by atoms with Gasteiger partial charge in [0.25, 0.3) is 5.91 Å². The molecule has 6 heteroatoms. The molecule has 3 atom stereocenters. The number of thiocarbonyl (C=S) groups is 1. The van der Waals surface area contributed by atoms with Crippen LogP contribution in [0.2, 0.25) is 0 Å². The fraction of sp³-hybridized carbons (Fsp3) is 0.333. The predicted molar refractivity (Wildman–Crippen MR) is 124 cm³/mol. The number of nitrogens with one attached hydrogen (secondary N) is 3. The topological polar surface area (TPSA) is 60.2 Å². The average Bonchev–Trinajstić information content (AvgIpc) is 3.18. The molecule has 5 nitrogen and oxygen atoms in total. The maximum absolute atomic E-state index is 12.3. The van der Waals surface area contributed by atoms with E-state index in [1.165, 1.54) is 22.0 Å². The fourth-order valence-corrected chi connectivity index (χ4v) is 5.42. The summed E-state index contributed by atoms with van der Waals surface area (Å²) in [6, 6.07) is 16.3. The zero-order valence-corrected chi connectivity index (χ0v) is 17.8. The van der Waals surface area contributed by atoms with Crippen LogP contribution in [0.15, 0.2) is 54.7 Å². The summed E-state index contributed by atoms with van der Waals surface area (Å²) < 4.78 is 0. The standard InChI is InChI=1S/C24H26N4OS/c1-28-14-15(12-26-24(30)27-23(29)16-6-3-2-4-7-16)10-19-18-8-5-9-20-22(18)17(13-25-20)11-21(19)28/h2-9,13,15,19,21,25H,10-12,14H2,1H3,(H2,26,27,29,30)/t15-,19+,21-/m1/s1. The lowest BCUT2D eigenvalue weighted by Crippen LogP contribution is -2.51. The van der Waals surface area contributed by atoms with Crippen LogP contribution in [0.1, 0.15) is 33.8 Å². The average molecular weight is 419 g/mol. The van der Waals surface area contributed by atoms with Gasteiger partial charge in [0.2, 0.25) is 0 Å². The Morgan fingerprint density at radius 3 is 2.87 bits per heavy atom. The molecule has 2 heterocycles. The number of H-pyrrole nitrogens is 1. The number of rotatable bonds is 3. The molecule has 0 bridgehead atoms. The van der Waals surface area contributed by atoms with Crippen molar-refractivity contribution in [2.75, 3.05) is 20.1 Å². The summed E-state index contributed by atoms with van der Waals surface area (Å²) in [5.41, 5.74) is 4.76. The quantitative estimate of drug-likeness (QED) is 0.571. The molecular formula is C24H26N4OS. The molecule has 0 spiro atoms. The number of benzene rings is 2. The van der Waals surface area contributed by atoms with E-state index < -0.39 is 0 Å². The Morgan fingerprint density at radius 1 is 1.20 bits per heavy atom. The molecule has 1 aromatic heterocycles. The second-order valence-electron chi connectivity index (χ2n) is 8.53. The highest BCUT2D eigenvalue weighted by atomic mass is 32.1. The molecule has 3 N–H and O–H groups in total. The number of hydrogen-bond donors (Lipinski definition) is 3. The highest BCUT2D eigenvalue weighted by Gasteiger charge is 2.39. The maximum atomic E-state index is 12.3. The Labute approximate surface area is 181 Å². The molecule has 154 valence electrons. The molecular weight excluding hydrogens is 392 g/mol. The molecule has 1 aliphatic carbocycles. The third-order valence-corrected chi connectivity index (χ3v) is 6.87. The summed E-state index contributed by atoms with van der Waals surface area (Å²) in [7, 11) is 2.23. The lowest BCUT2D eigenvalue weighted by Gasteiger charge is -2.45. The first-order chi connectivity index (χ1) is 14.6. The van der Waals surface area contributed by atoms with Gasteiger partial charge >= 0.3 is 0 Å². The number of hydrogen-bond acceptors (Lipinski definition) is 3. The molecule has 0 unspecified atom stereocenters. The van der Waals surface area contributed by atoms with Gasteiger partial charge in [-0.05, 0) is 67.4 Å². The van der Waals surface area contributed by atoms with Gasteiger partial charge in [-0.3, -0.25) is 10.1 Å². The summed E-state index contributed by atoms with van der Waals surface area (Å²) in [6.07, 6.45) is 4.41. The van der Waals surface area contributed by atoms with E-state index in [2.05, 4.69) is 52.0 Å². The van der Waals surface area contributed by atoms with Gasteiger partial charge < -0.3 is 15.2 Å². The molecule has 2 aliphatic rings. The van der Waals surface area contributed by atoms with Crippen molar-refractivity contribution in [3.05, 3.63) is 71.4 Å². The lowest BCUT2D eigenvalue weighted by molar-refractivity contribution is 0.0975. The summed E-state index contributed by atoms with van der Waals surface area (Å²) in [4.78, 5) is 18.2. The number of amides is 1. The number of aromatic amines is 1. The smallest absolute Gasteiger partial charge is 0.257 e. The van der Waals surface area contributed by atoms with Gasteiger partial charge in [-0.25, -0.2) is 0 Å². The predicted octanol–water partition coefficient (Wildman–Crippen LogP) is 3.43. The van der Waals surface area contributed by atoms with Crippen molar-refractivity contribution in [3.8, 4) is 0 Å². The van der Waals surface area contributed by atoms with Crippen LogP contribution in [0.5, 0.6) is 0 Å². The van der Waals surface area contributed by atoms with Crippen LogP contribution in [-0.2, 0) is 6.42 Å². The van der Waals surface area contributed by atoms with Crippen LogP contribution in [-0.4, -0.2) is 47.1 Å². The Bertz CT molecular complexity index is 1090. The molecule has 1 fully saturated rings. The number of nitrogens with zero attached hydrogens (tertiary/aromatic N) is 1. The van der Waals surface area contributed by atoms with E-state index in [4.69, 9.17) is 12.2 Å². The van der Waals surface area contributed by atoms with Crippen LogP contribution in [0.25, 0.3) is 10.9 Å². The number of carbonyl (C=O) groups is 1. The van der Waals surface area contributed by atoms with E-state index >= 15 is 0 Å². The minimum absolute atomic E-state index is 0.173. The van der Waals surface area contributed by atoms with Crippen molar-refractivity contribution in [2.24, 2.45) is 5.92 Å². The molecule has 3 aromatic rings. The van der Waals surface area contributed by atoms with Crippen LogP contribution in [0.3, 0.4) is 0 Å². The first-order valence-corrected chi connectivity index (χ1v) is 10.9. The van der Waals surface area contributed by atoms with Crippen molar-refractivity contribution in [3.63, 3.8) is 0 Å². The van der Waals surface area contributed by atoms with Crippen LogP contribution >= 0.6 is 12.2 Å². The maximum Gasteiger partial charge on any atom is 0.257 e. The van der Waals surface area contributed by atoms with Crippen molar-refractivity contribution in [2.45, 2.75) is 24.8 Å². The van der Waals surface area contributed by atoms with Gasteiger partial charge in [-0.2, -0.15) is 0 Å². The number of likely N-dealkylation sites (N-methyl/N-ethyl adjacent to an activating group) is 1. The number of piperidine rings is 1. The Balaban J connectivity index is 1.25. The molecule has 30 heavy (non-hydrogen) atoms. The fourth-order valence-electron chi connectivity index (χ4n) is 5.25. The minimum Gasteiger partial charge on any atom is -0.362 e. The van der Waals surface area contributed by atoms with Crippen molar-refractivity contribution in [1.82, 2.24) is 20.5 Å². The van der Waals surface area contributed by atoms with Gasteiger partial charge in [0, 0.05) is 47.7 Å². The largest absolute Gasteiger partial charge is 0.362 e. The van der Waals surface area contributed by atoms with E-state index in [0.717, 1.165) is 25.9 Å². The lowest BCUT2D eigenvalue weighted by atomic mass is 9.72. The number of carbonyl (C=O) groups excluding carboxylic acids is 1. The Kier molecular flexibility index (Phi) is 5.05. The normalized spacial score (nSPS) is 23.0. The summed E-state index contributed by atoms with van der Waals surface area (Å²) in [5.74, 6) is 0.821. The highest BCUT2D eigenvalue weighted by Crippen LogP contribution is 2.44. The van der Waals surface area contributed by atoms with E-state index in [-0.39, 0.29) is 5.91 Å². The highest BCUT2D eigenvalue weighted by molar-refractivity contribution is 7.80. The van der Waals surface area contributed by atoms with Crippen LogP contribution < -0.4 is 10.6 Å². The van der Waals surface area contributed by atoms with Crippen LogP contribution in [0, 0.1) is 5.92 Å². The van der Waals surface area contributed by atoms with Crippen molar-refractivity contribution >= 4 is 34.1 Å². The molecule has 1 saturated heterocycles. The second-order valence-corrected chi connectivity index (χ2v) is 8.94. The molecule has 0 saturated carbocycles. The van der Waals surface area contributed by atoms with E-state index in [1.54, 1.807) is 12.1 Å². The van der Waals surface area contributed by atoms with E-state index in [0.29, 0.717) is 28.6 Å². The van der Waals surface area contributed by atoms with E-state index in [1.807, 2.05) is 18.2 Å². The van der Waals surface area contributed by atoms with Gasteiger partial charge in [-0.1, -0.05) is 30.3 Å². The first-order valence-electron chi connectivity index (χ1n) is 10.5. The summed E-state index contributed by atoms with van der Waals surface area (Å²) >= 11 is 5.37. The van der Waals surface area contributed by atoms with Crippen LogP contribution in [0.4, 0.5) is 0 Å². The monoisotopic (exact) mass is 418 g/mol. The third-order valence-electron chi connectivity index (χ3n) is 6.63. The summed E-state index contributed by atoms with van der Waals surface area (Å²) in [5, 5.41) is 7.89. The number of likely N-dealkylation sites (tertiary alicyclic amines) is 1. The van der Waals surface area contributed by atoms with Gasteiger partial charge in [-0.15, -0.1) is 0 Å². The Morgan fingerprint density at radius 2 is 2.03 bits per heavy atom. The SMILES string of the molecule is CN1C[C@@H](CNC(=S)NC(=O)c2ccccc2)C[C@H]2c3cccc4[nH]cc(c34)C[C@H]21. The van der Waals surface area contributed by atoms with E-state index in [9.17, 15) is 4.79 Å². The van der Waals surface area contributed by atoms with Gasteiger partial charge in [0.05, 0.1) is 0 Å². The number of aromatic nitrogens is 1. The van der Waals surface area contributed by atoms with Gasteiger partial charge in [0.1, 0.15) is 0 Å². The van der Waals surface area contributed by atoms with Crippen molar-refractivity contribution in [1.29, 1.82) is 0 Å². The van der Waals surface area contributed by atoms with Crippen molar-refractivity contribution < 1.29 is 4.79 Å². The van der Waals surface area contributed by atoms with Gasteiger partial charge in [0.15, 0.2) is 5.11 Å². The zero-order chi connectivity index (χ0) is 20.7. The summed E-state index contributed by atoms with van der Waals surface area (Å²) in [6.45, 7) is 1.79. The molecule has 2 aromatic carbocycles. The first kappa shape index (κ1) is 19.3. The molecule has 1 aliphatic heterocycles. The molecule has 5 rings (SSSR count).